The van der Waals surface area contributed by atoms with Crippen molar-refractivity contribution < 1.29 is 41.0 Å². The van der Waals surface area contributed by atoms with Crippen molar-refractivity contribution in [2.45, 2.75) is 24.9 Å². The molecule has 1 aliphatic carbocycles. The Hall–Kier alpha value is -3.50. The maximum Gasteiger partial charge on any atom is 0.490 e. The molecule has 1 heterocycles. The van der Waals surface area contributed by atoms with E-state index in [1.807, 2.05) is 0 Å². The average molecular weight is 458 g/mol. The van der Waals surface area contributed by atoms with E-state index in [1.54, 1.807) is 12.1 Å². The van der Waals surface area contributed by atoms with Gasteiger partial charge in [-0.1, -0.05) is 0 Å². The number of halogens is 6. The molecule has 2 aromatic carbocycles. The molecule has 0 atom stereocenters. The van der Waals surface area contributed by atoms with Crippen LogP contribution < -0.4 is 5.73 Å². The van der Waals surface area contributed by atoms with Gasteiger partial charge in [0.15, 0.2) is 0 Å². The molecule has 0 unspecified atom stereocenters. The van der Waals surface area contributed by atoms with Gasteiger partial charge in [0.1, 0.15) is 17.5 Å². The van der Waals surface area contributed by atoms with Crippen LogP contribution in [0.25, 0.3) is 22.2 Å². The van der Waals surface area contributed by atoms with E-state index in [9.17, 15) is 31.1 Å². The lowest BCUT2D eigenvalue weighted by atomic mass is 9.70. The number of H-pyrrole nitrogens is 1. The van der Waals surface area contributed by atoms with Gasteiger partial charge in [0, 0.05) is 17.4 Å². The molecule has 11 heteroatoms. The largest absolute Gasteiger partial charge is 0.490 e. The van der Waals surface area contributed by atoms with E-state index < -0.39 is 23.8 Å². The molecule has 1 aliphatic rings. The molecule has 1 aromatic heterocycles. The molecule has 0 radical (unpaired) electrons. The van der Waals surface area contributed by atoms with Gasteiger partial charge in [-0.3, -0.25) is 4.79 Å². The van der Waals surface area contributed by atoms with Crippen molar-refractivity contribution in [2.75, 3.05) is 0 Å². The zero-order valence-electron chi connectivity index (χ0n) is 16.1. The van der Waals surface area contributed by atoms with Crippen LogP contribution in [-0.2, 0) is 9.59 Å². The number of carbonyl (C=O) groups is 2. The number of carbonyl (C=O) groups excluding carboxylic acids is 1. The highest BCUT2D eigenvalue weighted by molar-refractivity contribution is 5.92. The Balaban J connectivity index is 0.000000360. The van der Waals surface area contributed by atoms with Gasteiger partial charge in [-0.15, -0.1) is 0 Å². The van der Waals surface area contributed by atoms with Gasteiger partial charge in [0.2, 0.25) is 5.91 Å². The molecule has 32 heavy (non-hydrogen) atoms. The minimum atomic E-state index is -5.08. The van der Waals surface area contributed by atoms with Gasteiger partial charge in [-0.2, -0.15) is 13.2 Å². The summed E-state index contributed by atoms with van der Waals surface area (Å²) < 4.78 is 72.9. The van der Waals surface area contributed by atoms with Gasteiger partial charge in [0.25, 0.3) is 0 Å². The van der Waals surface area contributed by atoms with Crippen molar-refractivity contribution in [1.82, 2.24) is 4.98 Å². The molecule has 4 N–H and O–H groups in total. The van der Waals surface area contributed by atoms with Crippen LogP contribution in [0.2, 0.25) is 0 Å². The number of primary amides is 1. The summed E-state index contributed by atoms with van der Waals surface area (Å²) in [7, 11) is 0. The molecule has 5 nitrogen and oxygen atoms in total. The Kier molecular flexibility index (Phi) is 6.20. The minimum Gasteiger partial charge on any atom is -0.475 e. The predicted octanol–water partition coefficient (Wildman–Crippen LogP) is 4.86. The second-order valence-corrected chi connectivity index (χ2v) is 7.30. The van der Waals surface area contributed by atoms with Gasteiger partial charge in [-0.05, 0) is 60.2 Å². The molecule has 170 valence electrons. The number of hydrogen-bond donors (Lipinski definition) is 3. The van der Waals surface area contributed by atoms with Crippen molar-refractivity contribution >= 4 is 22.8 Å². The third-order valence-electron chi connectivity index (χ3n) is 5.19. The molecule has 3 aromatic rings. The minimum absolute atomic E-state index is 0.0347. The Morgan fingerprint density at radius 1 is 1.00 bits per heavy atom. The van der Waals surface area contributed by atoms with E-state index in [0.29, 0.717) is 29.5 Å². The topological polar surface area (TPSA) is 96.2 Å². The highest BCUT2D eigenvalue weighted by Crippen LogP contribution is 2.48. The summed E-state index contributed by atoms with van der Waals surface area (Å²) in [4.78, 5) is 23.2. The van der Waals surface area contributed by atoms with E-state index in [1.165, 1.54) is 18.2 Å². The van der Waals surface area contributed by atoms with Crippen LogP contribution in [0.3, 0.4) is 0 Å². The van der Waals surface area contributed by atoms with Gasteiger partial charge >= 0.3 is 12.1 Å². The number of nitrogens with two attached hydrogens (primary N) is 1. The fraction of sp³-hybridized carbons (Fsp3) is 0.238. The summed E-state index contributed by atoms with van der Waals surface area (Å²) in [5, 5.41) is 7.57. The van der Waals surface area contributed by atoms with E-state index in [4.69, 9.17) is 15.6 Å². The molecule has 1 amide bonds. The molecule has 4 rings (SSSR count). The SMILES string of the molecule is NC(=O)C1CC(c2c(-c3ccc(F)cc3)[nH]c3c(F)cc(F)cc23)C1.O=C(O)C(F)(F)F. The van der Waals surface area contributed by atoms with Gasteiger partial charge in [-0.25, -0.2) is 18.0 Å². The zero-order valence-corrected chi connectivity index (χ0v) is 16.1. The fourth-order valence-electron chi connectivity index (χ4n) is 3.59. The molecule has 0 spiro atoms. The fourth-order valence-corrected chi connectivity index (χ4v) is 3.59. The van der Waals surface area contributed by atoms with Crippen molar-refractivity contribution in [3.8, 4) is 11.3 Å². The number of carboxylic acids is 1. The van der Waals surface area contributed by atoms with Crippen LogP contribution in [0.15, 0.2) is 36.4 Å². The van der Waals surface area contributed by atoms with Gasteiger partial charge < -0.3 is 15.8 Å². The Morgan fingerprint density at radius 3 is 2.06 bits per heavy atom. The average Bonchev–Trinajstić information content (AvgIpc) is 3.00. The summed E-state index contributed by atoms with van der Waals surface area (Å²) >= 11 is 0. The van der Waals surface area contributed by atoms with Crippen LogP contribution >= 0.6 is 0 Å². The molecular formula is C21H16F6N2O3. The lowest BCUT2D eigenvalue weighted by Crippen LogP contribution is -2.34. The van der Waals surface area contributed by atoms with Crippen LogP contribution in [0, 0.1) is 23.4 Å². The number of carboxylic acid groups (broad SMARTS) is 1. The maximum absolute atomic E-state index is 14.2. The molecule has 0 bridgehead atoms. The number of nitrogens with one attached hydrogen (secondary N) is 1. The number of fused-ring (bicyclic) bond motifs is 1. The van der Waals surface area contributed by atoms with Crippen LogP contribution in [0.4, 0.5) is 26.3 Å². The molecule has 0 saturated heterocycles. The van der Waals surface area contributed by atoms with Crippen LogP contribution in [0.1, 0.15) is 24.3 Å². The first-order valence-corrected chi connectivity index (χ1v) is 9.24. The number of rotatable bonds is 3. The Labute approximate surface area is 176 Å². The summed E-state index contributed by atoms with van der Waals surface area (Å²) in [5.74, 6) is -5.11. The van der Waals surface area contributed by atoms with Gasteiger partial charge in [0.05, 0.1) is 11.2 Å². The normalized spacial score (nSPS) is 17.9. The van der Waals surface area contributed by atoms with Crippen molar-refractivity contribution in [2.24, 2.45) is 11.7 Å². The predicted molar refractivity (Wildman–Crippen MR) is 102 cm³/mol. The number of amides is 1. The molecule has 1 saturated carbocycles. The van der Waals surface area contributed by atoms with Crippen molar-refractivity contribution in [3.05, 3.63) is 59.4 Å². The monoisotopic (exact) mass is 458 g/mol. The first-order valence-electron chi connectivity index (χ1n) is 9.24. The van der Waals surface area contributed by atoms with Crippen LogP contribution in [-0.4, -0.2) is 28.1 Å². The number of alkyl halides is 3. The van der Waals surface area contributed by atoms with Crippen LogP contribution in [0.5, 0.6) is 0 Å². The van der Waals surface area contributed by atoms with E-state index in [2.05, 4.69) is 4.98 Å². The quantitative estimate of drug-likeness (QED) is 0.489. The summed E-state index contributed by atoms with van der Waals surface area (Å²) in [5.41, 5.74) is 7.58. The summed E-state index contributed by atoms with van der Waals surface area (Å²) in [6.07, 6.45) is -4.01. The second-order valence-electron chi connectivity index (χ2n) is 7.30. The second kappa shape index (κ2) is 8.56. The molecule has 1 fully saturated rings. The molecular weight excluding hydrogens is 442 g/mol. The third kappa shape index (κ3) is 4.71. The number of aliphatic carboxylic acids is 1. The maximum atomic E-state index is 14.2. The van der Waals surface area contributed by atoms with E-state index in [-0.39, 0.29) is 29.1 Å². The highest BCUT2D eigenvalue weighted by Gasteiger charge is 2.38. The smallest absolute Gasteiger partial charge is 0.475 e. The Bertz CT molecular complexity index is 1160. The highest BCUT2D eigenvalue weighted by atomic mass is 19.4. The Morgan fingerprint density at radius 2 is 1.56 bits per heavy atom. The summed E-state index contributed by atoms with van der Waals surface area (Å²) in [6.45, 7) is 0. The van der Waals surface area contributed by atoms with E-state index in [0.717, 1.165) is 11.6 Å². The number of aromatic nitrogens is 1. The third-order valence-corrected chi connectivity index (χ3v) is 5.19. The number of hydrogen-bond acceptors (Lipinski definition) is 2. The first-order chi connectivity index (χ1) is 14.9. The first kappa shape index (κ1) is 23.2. The van der Waals surface area contributed by atoms with Crippen molar-refractivity contribution in [1.29, 1.82) is 0 Å². The standard InChI is InChI=1S/C19H15F3N2O.C2HF3O2/c20-12-3-1-9(2-4-12)17-16(10-5-11(6-10)19(23)25)14-7-13(21)8-15(22)18(14)24-17;3-2(4,5)1(6)7/h1-4,7-8,10-11,24H,5-6H2,(H2,23,25);(H,6,7). The number of aromatic amines is 1. The summed E-state index contributed by atoms with van der Waals surface area (Å²) in [6, 6.07) is 7.91. The lowest BCUT2D eigenvalue weighted by Gasteiger charge is -2.33. The molecule has 0 aliphatic heterocycles. The van der Waals surface area contributed by atoms with E-state index >= 15 is 0 Å². The lowest BCUT2D eigenvalue weighted by molar-refractivity contribution is -0.192. The van der Waals surface area contributed by atoms with Crippen molar-refractivity contribution in [3.63, 3.8) is 0 Å². The number of benzene rings is 2. The zero-order chi connectivity index (χ0) is 23.8.